The Kier molecular flexibility index (Phi) is 7.49. The molecule has 26 heavy (non-hydrogen) atoms. The summed E-state index contributed by atoms with van der Waals surface area (Å²) >= 11 is 0. The lowest BCUT2D eigenvalue weighted by Crippen LogP contribution is -2.41. The summed E-state index contributed by atoms with van der Waals surface area (Å²) in [6, 6.07) is 13.4. The van der Waals surface area contributed by atoms with Crippen LogP contribution in [0.4, 0.5) is 0 Å². The second kappa shape index (κ2) is 10.1. The number of benzene rings is 2. The third-order valence-electron chi connectivity index (χ3n) is 3.77. The number of carbonyl (C=O) groups is 2. The zero-order valence-corrected chi connectivity index (χ0v) is 15.1. The van der Waals surface area contributed by atoms with Crippen molar-refractivity contribution in [2.45, 2.75) is 26.2 Å². The van der Waals surface area contributed by atoms with Crippen LogP contribution in [0.15, 0.2) is 48.5 Å². The van der Waals surface area contributed by atoms with Gasteiger partial charge in [-0.15, -0.1) is 0 Å². The monoisotopic (exact) mass is 356 g/mol. The normalized spacial score (nSPS) is 10.1. The molecule has 0 bridgehead atoms. The maximum atomic E-state index is 12.1. The van der Waals surface area contributed by atoms with Crippen molar-refractivity contribution in [3.63, 3.8) is 0 Å². The molecule has 0 atom stereocenters. The van der Waals surface area contributed by atoms with Gasteiger partial charge in [-0.25, -0.2) is 0 Å². The topological polar surface area (TPSA) is 76.7 Å². The number of unbranched alkanes of at least 4 members (excludes halogenated alkanes) is 2. The number of carbonyl (C=O) groups excluding carboxylic acids is 2. The van der Waals surface area contributed by atoms with Gasteiger partial charge in [-0.2, -0.15) is 0 Å². The van der Waals surface area contributed by atoms with Gasteiger partial charge in [0.1, 0.15) is 11.5 Å². The maximum absolute atomic E-state index is 12.1. The number of ether oxygens (including phenoxy) is 2. The molecule has 0 heterocycles. The van der Waals surface area contributed by atoms with Crippen LogP contribution < -0.4 is 20.3 Å². The molecular formula is C20H24N2O4. The molecule has 0 aliphatic heterocycles. The van der Waals surface area contributed by atoms with E-state index in [1.54, 1.807) is 55.6 Å². The lowest BCUT2D eigenvalue weighted by molar-refractivity contribution is 0.0846. The SMILES string of the molecule is CCCCCOc1ccc(C(=O)NNC(=O)c2ccc(OC)cc2)cc1. The summed E-state index contributed by atoms with van der Waals surface area (Å²) in [5, 5.41) is 0. The van der Waals surface area contributed by atoms with Gasteiger partial charge >= 0.3 is 0 Å². The first kappa shape index (κ1) is 19.3. The zero-order valence-electron chi connectivity index (χ0n) is 15.1. The van der Waals surface area contributed by atoms with Crippen molar-refractivity contribution in [1.82, 2.24) is 10.9 Å². The standard InChI is InChI=1S/C20H24N2O4/c1-3-4-5-14-26-18-12-8-16(9-13-18)20(24)22-21-19(23)15-6-10-17(25-2)11-7-15/h6-13H,3-5,14H2,1-2H3,(H,21,23)(H,22,24). The summed E-state index contributed by atoms with van der Waals surface area (Å²) in [5.74, 6) is 0.573. The highest BCUT2D eigenvalue weighted by atomic mass is 16.5. The Labute approximate surface area is 153 Å². The molecule has 2 rings (SSSR count). The van der Waals surface area contributed by atoms with Gasteiger partial charge in [-0.1, -0.05) is 19.8 Å². The van der Waals surface area contributed by atoms with Crippen LogP contribution in [0.5, 0.6) is 11.5 Å². The van der Waals surface area contributed by atoms with E-state index in [2.05, 4.69) is 17.8 Å². The highest BCUT2D eigenvalue weighted by molar-refractivity contribution is 5.99. The van der Waals surface area contributed by atoms with E-state index >= 15 is 0 Å². The molecular weight excluding hydrogens is 332 g/mol. The molecule has 2 N–H and O–H groups in total. The molecule has 2 amide bonds. The smallest absolute Gasteiger partial charge is 0.269 e. The highest BCUT2D eigenvalue weighted by Crippen LogP contribution is 2.13. The lowest BCUT2D eigenvalue weighted by Gasteiger charge is -2.09. The molecule has 6 heteroatoms. The van der Waals surface area contributed by atoms with E-state index in [9.17, 15) is 9.59 Å². The van der Waals surface area contributed by atoms with Gasteiger partial charge in [-0.05, 0) is 55.0 Å². The molecule has 0 saturated heterocycles. The van der Waals surface area contributed by atoms with Crippen LogP contribution in [0.2, 0.25) is 0 Å². The predicted molar refractivity (Wildman–Crippen MR) is 99.4 cm³/mol. The summed E-state index contributed by atoms with van der Waals surface area (Å²) in [5.41, 5.74) is 5.63. The first-order chi connectivity index (χ1) is 12.6. The van der Waals surface area contributed by atoms with E-state index in [-0.39, 0.29) is 0 Å². The highest BCUT2D eigenvalue weighted by Gasteiger charge is 2.09. The van der Waals surface area contributed by atoms with Crippen molar-refractivity contribution < 1.29 is 19.1 Å². The molecule has 2 aromatic rings. The van der Waals surface area contributed by atoms with Crippen LogP contribution in [0.1, 0.15) is 46.9 Å². The average molecular weight is 356 g/mol. The Bertz CT molecular complexity index is 712. The van der Waals surface area contributed by atoms with Crippen molar-refractivity contribution >= 4 is 11.8 Å². The Morgan fingerprint density at radius 3 is 1.77 bits per heavy atom. The fraction of sp³-hybridized carbons (Fsp3) is 0.300. The van der Waals surface area contributed by atoms with Gasteiger partial charge in [0, 0.05) is 11.1 Å². The molecule has 138 valence electrons. The number of hydrogen-bond donors (Lipinski definition) is 2. The largest absolute Gasteiger partial charge is 0.497 e. The minimum Gasteiger partial charge on any atom is -0.497 e. The third-order valence-corrected chi connectivity index (χ3v) is 3.77. The van der Waals surface area contributed by atoms with Crippen LogP contribution in [-0.4, -0.2) is 25.5 Å². The van der Waals surface area contributed by atoms with E-state index in [1.807, 2.05) is 0 Å². The molecule has 6 nitrogen and oxygen atoms in total. The lowest BCUT2D eigenvalue weighted by atomic mass is 10.2. The minimum absolute atomic E-state index is 0.399. The molecule has 0 fully saturated rings. The van der Waals surface area contributed by atoms with E-state index < -0.39 is 11.8 Å². The fourth-order valence-electron chi connectivity index (χ4n) is 2.24. The fourth-order valence-corrected chi connectivity index (χ4v) is 2.24. The van der Waals surface area contributed by atoms with Gasteiger partial charge < -0.3 is 9.47 Å². The van der Waals surface area contributed by atoms with Crippen LogP contribution in [0, 0.1) is 0 Å². The summed E-state index contributed by atoms with van der Waals surface area (Å²) < 4.78 is 10.6. The maximum Gasteiger partial charge on any atom is 0.269 e. The Morgan fingerprint density at radius 2 is 1.31 bits per heavy atom. The third kappa shape index (κ3) is 5.81. The van der Waals surface area contributed by atoms with Gasteiger partial charge in [-0.3, -0.25) is 20.4 Å². The molecule has 0 aromatic heterocycles. The number of rotatable bonds is 8. The Balaban J connectivity index is 1.82. The average Bonchev–Trinajstić information content (AvgIpc) is 2.69. The molecule has 0 saturated carbocycles. The molecule has 0 unspecified atom stereocenters. The van der Waals surface area contributed by atoms with Crippen molar-refractivity contribution in [2.75, 3.05) is 13.7 Å². The first-order valence-corrected chi connectivity index (χ1v) is 8.61. The number of amides is 2. The Hall–Kier alpha value is -3.02. The van der Waals surface area contributed by atoms with Gasteiger partial charge in [0.25, 0.3) is 11.8 Å². The van der Waals surface area contributed by atoms with E-state index in [4.69, 9.17) is 9.47 Å². The van der Waals surface area contributed by atoms with Crippen LogP contribution in [0.25, 0.3) is 0 Å². The number of hydrazine groups is 1. The van der Waals surface area contributed by atoms with Crippen molar-refractivity contribution in [2.24, 2.45) is 0 Å². The molecule has 0 radical (unpaired) electrons. The van der Waals surface area contributed by atoms with Gasteiger partial charge in [0.2, 0.25) is 0 Å². The summed E-state index contributed by atoms with van der Waals surface area (Å²) in [4.78, 5) is 24.1. The van der Waals surface area contributed by atoms with Crippen molar-refractivity contribution in [1.29, 1.82) is 0 Å². The van der Waals surface area contributed by atoms with Gasteiger partial charge in [0.05, 0.1) is 13.7 Å². The van der Waals surface area contributed by atoms with Crippen LogP contribution in [-0.2, 0) is 0 Å². The molecule has 0 aliphatic carbocycles. The van der Waals surface area contributed by atoms with Gasteiger partial charge in [0.15, 0.2) is 0 Å². The Morgan fingerprint density at radius 1 is 0.808 bits per heavy atom. The van der Waals surface area contributed by atoms with Crippen LogP contribution in [0.3, 0.4) is 0 Å². The number of hydrogen-bond acceptors (Lipinski definition) is 4. The second-order valence-corrected chi connectivity index (χ2v) is 5.72. The van der Waals surface area contributed by atoms with Crippen molar-refractivity contribution in [3.8, 4) is 11.5 Å². The quantitative estimate of drug-likeness (QED) is 0.562. The molecule has 0 spiro atoms. The van der Waals surface area contributed by atoms with Crippen LogP contribution >= 0.6 is 0 Å². The summed E-state index contributed by atoms with van der Waals surface area (Å²) in [7, 11) is 1.55. The minimum atomic E-state index is -0.406. The number of methoxy groups -OCH3 is 1. The molecule has 0 aliphatic rings. The van der Waals surface area contributed by atoms with Crippen molar-refractivity contribution in [3.05, 3.63) is 59.7 Å². The first-order valence-electron chi connectivity index (χ1n) is 8.61. The number of nitrogens with one attached hydrogen (secondary N) is 2. The summed E-state index contributed by atoms with van der Waals surface area (Å²) in [6.45, 7) is 2.80. The predicted octanol–water partition coefficient (Wildman–Crippen LogP) is 3.34. The molecule has 2 aromatic carbocycles. The van der Waals surface area contributed by atoms with E-state index in [0.29, 0.717) is 23.5 Å². The second-order valence-electron chi connectivity index (χ2n) is 5.72. The van der Waals surface area contributed by atoms with E-state index in [0.717, 1.165) is 25.0 Å². The zero-order chi connectivity index (χ0) is 18.8. The summed E-state index contributed by atoms with van der Waals surface area (Å²) in [6.07, 6.45) is 3.29. The van der Waals surface area contributed by atoms with E-state index in [1.165, 1.54) is 0 Å².